The first kappa shape index (κ1) is 18.2. The lowest BCUT2D eigenvalue weighted by atomic mass is 10.1. The van der Waals surface area contributed by atoms with E-state index in [9.17, 15) is 4.79 Å². The molecule has 146 valence electrons. The van der Waals surface area contributed by atoms with Crippen LogP contribution in [-0.4, -0.2) is 64.7 Å². The van der Waals surface area contributed by atoms with Crippen LogP contribution in [0.5, 0.6) is 5.75 Å². The topological polar surface area (TPSA) is 96.6 Å². The van der Waals surface area contributed by atoms with Gasteiger partial charge in [0.05, 0.1) is 12.8 Å². The van der Waals surface area contributed by atoms with E-state index >= 15 is 0 Å². The number of methoxy groups -OCH3 is 1. The fourth-order valence-corrected chi connectivity index (χ4v) is 3.39. The number of fused-ring (bicyclic) bond motifs is 1. The molecule has 1 fully saturated rings. The largest absolute Gasteiger partial charge is 0.494 e. The molecule has 1 aliphatic rings. The summed E-state index contributed by atoms with van der Waals surface area (Å²) >= 11 is 0. The number of nitrogens with zero attached hydrogens (tertiary/aromatic N) is 5. The molecule has 0 aliphatic carbocycles. The van der Waals surface area contributed by atoms with Crippen molar-refractivity contribution in [1.29, 1.82) is 0 Å². The van der Waals surface area contributed by atoms with E-state index in [0.717, 1.165) is 5.39 Å². The Labute approximate surface area is 162 Å². The lowest BCUT2D eigenvalue weighted by Gasteiger charge is -2.37. The quantitative estimate of drug-likeness (QED) is 0.743. The molecule has 2 amide bonds. The maximum atomic E-state index is 12.9. The van der Waals surface area contributed by atoms with Crippen molar-refractivity contribution in [2.75, 3.05) is 39.1 Å². The Balaban J connectivity index is 1.55. The second-order valence-electron chi connectivity index (χ2n) is 6.77. The number of anilines is 1. The number of aromatic nitrogens is 3. The Morgan fingerprint density at radius 3 is 2.93 bits per heavy atom. The summed E-state index contributed by atoms with van der Waals surface area (Å²) in [5.74, 6) is 1.78. The monoisotopic (exact) mass is 382 g/mol. The van der Waals surface area contributed by atoms with Crippen molar-refractivity contribution in [3.63, 3.8) is 0 Å². The van der Waals surface area contributed by atoms with Gasteiger partial charge in [-0.05, 0) is 38.2 Å². The van der Waals surface area contributed by atoms with Gasteiger partial charge in [0.2, 0.25) is 5.89 Å². The molecule has 1 saturated heterocycles. The van der Waals surface area contributed by atoms with Gasteiger partial charge in [0.15, 0.2) is 5.82 Å². The number of likely N-dealkylation sites (N-methyl/N-ethyl adjacent to an activating group) is 1. The van der Waals surface area contributed by atoms with Gasteiger partial charge in [-0.15, -0.1) is 0 Å². The molecule has 0 radical (unpaired) electrons. The normalized spacial score (nSPS) is 17.7. The Morgan fingerprint density at radius 1 is 1.32 bits per heavy atom. The summed E-state index contributed by atoms with van der Waals surface area (Å²) in [4.78, 5) is 25.5. The van der Waals surface area contributed by atoms with Crippen molar-refractivity contribution >= 4 is 22.6 Å². The van der Waals surface area contributed by atoms with Crippen molar-refractivity contribution in [2.24, 2.45) is 0 Å². The van der Waals surface area contributed by atoms with Crippen LogP contribution in [-0.2, 0) is 0 Å². The number of urea groups is 1. The minimum atomic E-state index is -0.176. The van der Waals surface area contributed by atoms with Crippen LogP contribution >= 0.6 is 0 Å². The molecule has 1 aliphatic heterocycles. The van der Waals surface area contributed by atoms with Crippen molar-refractivity contribution in [3.05, 3.63) is 42.2 Å². The van der Waals surface area contributed by atoms with Gasteiger partial charge >= 0.3 is 6.03 Å². The first-order chi connectivity index (χ1) is 13.6. The fraction of sp³-hybridized carbons (Fsp3) is 0.368. The molecular weight excluding hydrogens is 360 g/mol. The first-order valence-corrected chi connectivity index (χ1v) is 9.05. The van der Waals surface area contributed by atoms with Crippen molar-refractivity contribution in [3.8, 4) is 5.75 Å². The number of aryl methyl sites for hydroxylation is 1. The molecule has 3 heterocycles. The molecule has 1 N–H and O–H groups in total. The zero-order valence-electron chi connectivity index (χ0n) is 16.0. The van der Waals surface area contributed by atoms with E-state index < -0.39 is 0 Å². The average Bonchev–Trinajstić information content (AvgIpc) is 3.14. The molecule has 3 aromatic rings. The van der Waals surface area contributed by atoms with E-state index in [4.69, 9.17) is 9.26 Å². The highest BCUT2D eigenvalue weighted by atomic mass is 16.5. The molecule has 2 aromatic heterocycles. The van der Waals surface area contributed by atoms with Crippen LogP contribution in [0.2, 0.25) is 0 Å². The maximum absolute atomic E-state index is 12.9. The number of benzene rings is 1. The van der Waals surface area contributed by atoms with Gasteiger partial charge in [-0.3, -0.25) is 9.88 Å². The van der Waals surface area contributed by atoms with Gasteiger partial charge in [-0.25, -0.2) is 4.79 Å². The number of pyridine rings is 1. The van der Waals surface area contributed by atoms with E-state index in [-0.39, 0.29) is 12.1 Å². The summed E-state index contributed by atoms with van der Waals surface area (Å²) < 4.78 is 10.7. The number of amides is 2. The van der Waals surface area contributed by atoms with E-state index in [1.54, 1.807) is 31.2 Å². The summed E-state index contributed by atoms with van der Waals surface area (Å²) in [5, 5.41) is 7.70. The highest BCUT2D eigenvalue weighted by molar-refractivity contribution is 6.02. The minimum Gasteiger partial charge on any atom is -0.494 e. The molecule has 1 aromatic carbocycles. The van der Waals surface area contributed by atoms with Gasteiger partial charge in [0.25, 0.3) is 0 Å². The number of hydrogen-bond donors (Lipinski definition) is 1. The van der Waals surface area contributed by atoms with Crippen LogP contribution in [0.15, 0.2) is 35.0 Å². The van der Waals surface area contributed by atoms with Crippen LogP contribution < -0.4 is 10.1 Å². The number of carbonyl (C=O) groups is 1. The summed E-state index contributed by atoms with van der Waals surface area (Å²) in [6.07, 6.45) is 1.70. The highest BCUT2D eigenvalue weighted by Crippen LogP contribution is 2.30. The zero-order valence-corrected chi connectivity index (χ0v) is 16.0. The Bertz CT molecular complexity index is 1000. The summed E-state index contributed by atoms with van der Waals surface area (Å²) in [6, 6.07) is 7.07. The van der Waals surface area contributed by atoms with Crippen LogP contribution in [0.1, 0.15) is 17.8 Å². The number of nitrogens with one attached hydrogen (secondary N) is 1. The molecule has 28 heavy (non-hydrogen) atoms. The SMILES string of the molecule is COc1ccc(NC(=O)N2CCN(C)C(c3nc(C)no3)C2)c2cccnc12. The third-order valence-electron chi connectivity index (χ3n) is 4.96. The Morgan fingerprint density at radius 2 is 2.18 bits per heavy atom. The molecule has 0 spiro atoms. The van der Waals surface area contributed by atoms with Crippen molar-refractivity contribution in [2.45, 2.75) is 13.0 Å². The van der Waals surface area contributed by atoms with Crippen LogP contribution in [0.3, 0.4) is 0 Å². The molecule has 9 nitrogen and oxygen atoms in total. The summed E-state index contributed by atoms with van der Waals surface area (Å²) in [5.41, 5.74) is 1.40. The molecular formula is C19H22N6O3. The molecule has 4 rings (SSSR count). The van der Waals surface area contributed by atoms with Crippen LogP contribution in [0.4, 0.5) is 10.5 Å². The second-order valence-corrected chi connectivity index (χ2v) is 6.77. The number of piperazine rings is 1. The van der Waals surface area contributed by atoms with Gasteiger partial charge in [-0.1, -0.05) is 5.16 Å². The third kappa shape index (κ3) is 3.36. The van der Waals surface area contributed by atoms with Gasteiger partial charge in [0, 0.05) is 31.2 Å². The third-order valence-corrected chi connectivity index (χ3v) is 4.96. The molecule has 0 bridgehead atoms. The van der Waals surface area contributed by atoms with Crippen LogP contribution in [0.25, 0.3) is 10.9 Å². The Hall–Kier alpha value is -3.20. The summed E-state index contributed by atoms with van der Waals surface area (Å²) in [6.45, 7) is 3.57. The molecule has 0 saturated carbocycles. The zero-order chi connectivity index (χ0) is 19.7. The number of hydrogen-bond acceptors (Lipinski definition) is 7. The average molecular weight is 382 g/mol. The van der Waals surface area contributed by atoms with Crippen LogP contribution in [0, 0.1) is 6.92 Å². The molecule has 1 unspecified atom stereocenters. The second kappa shape index (κ2) is 7.43. The lowest BCUT2D eigenvalue weighted by molar-refractivity contribution is 0.0960. The predicted molar refractivity (Wildman–Crippen MR) is 103 cm³/mol. The molecule has 9 heteroatoms. The van der Waals surface area contributed by atoms with E-state index in [0.29, 0.717) is 48.3 Å². The van der Waals surface area contributed by atoms with E-state index in [1.165, 1.54) is 0 Å². The maximum Gasteiger partial charge on any atom is 0.321 e. The fourth-order valence-electron chi connectivity index (χ4n) is 3.39. The predicted octanol–water partition coefficient (Wildman–Crippen LogP) is 2.46. The smallest absolute Gasteiger partial charge is 0.321 e. The van der Waals surface area contributed by atoms with Crippen molar-refractivity contribution < 1.29 is 14.1 Å². The molecule has 1 atom stereocenters. The van der Waals surface area contributed by atoms with E-state index in [2.05, 4.69) is 25.3 Å². The highest BCUT2D eigenvalue weighted by Gasteiger charge is 2.32. The number of ether oxygens (including phenoxy) is 1. The lowest BCUT2D eigenvalue weighted by Crippen LogP contribution is -2.50. The number of carbonyl (C=O) groups excluding carboxylic acids is 1. The Kier molecular flexibility index (Phi) is 4.82. The van der Waals surface area contributed by atoms with E-state index in [1.807, 2.05) is 25.2 Å². The van der Waals surface area contributed by atoms with Gasteiger partial charge in [0.1, 0.15) is 17.3 Å². The minimum absolute atomic E-state index is 0.130. The van der Waals surface area contributed by atoms with Gasteiger partial charge in [-0.2, -0.15) is 4.98 Å². The summed E-state index contributed by atoms with van der Waals surface area (Å²) in [7, 11) is 3.59. The van der Waals surface area contributed by atoms with Gasteiger partial charge < -0.3 is 19.5 Å². The van der Waals surface area contributed by atoms with Crippen molar-refractivity contribution in [1.82, 2.24) is 24.9 Å². The standard InChI is InChI=1S/C19H22N6O3/c1-12-21-18(28-23-12)15-11-25(10-9-24(15)2)19(26)22-14-6-7-16(27-3)17-13(14)5-4-8-20-17/h4-8,15H,9-11H2,1-3H3,(H,22,26). The number of rotatable bonds is 3. The first-order valence-electron chi connectivity index (χ1n) is 9.05.